The Balaban J connectivity index is 2.54. The number of carbonyl (C=O) groups excluding carboxylic acids is 1. The van der Waals surface area contributed by atoms with Gasteiger partial charge in [-0.2, -0.15) is 13.2 Å². The molecule has 0 spiro atoms. The number of alkyl halides is 3. The second-order valence-corrected chi connectivity index (χ2v) is 3.88. The lowest BCUT2D eigenvalue weighted by Gasteiger charge is -2.11. The molecule has 0 radical (unpaired) electrons. The SMILES string of the molecule is COC(=O)C(N)Cc1ccc(OCC(F)(F)F)cc1. The van der Waals surface area contributed by atoms with Crippen molar-refractivity contribution in [2.24, 2.45) is 5.73 Å². The van der Waals surface area contributed by atoms with Gasteiger partial charge in [-0.05, 0) is 24.1 Å². The van der Waals surface area contributed by atoms with Crippen molar-refractivity contribution in [3.05, 3.63) is 29.8 Å². The maximum absolute atomic E-state index is 11.9. The van der Waals surface area contributed by atoms with Crippen molar-refractivity contribution < 1.29 is 27.4 Å². The normalized spacial score (nSPS) is 12.9. The largest absolute Gasteiger partial charge is 0.484 e. The van der Waals surface area contributed by atoms with Crippen LogP contribution in [0, 0.1) is 0 Å². The summed E-state index contributed by atoms with van der Waals surface area (Å²) in [6.07, 6.45) is -4.13. The number of hydrogen-bond donors (Lipinski definition) is 1. The van der Waals surface area contributed by atoms with E-state index in [1.807, 2.05) is 0 Å². The molecule has 1 aromatic rings. The Morgan fingerprint density at radius 1 is 1.32 bits per heavy atom. The fourth-order valence-corrected chi connectivity index (χ4v) is 1.38. The summed E-state index contributed by atoms with van der Waals surface area (Å²) < 4.78 is 44.8. The van der Waals surface area contributed by atoms with Crippen LogP contribution in [0.3, 0.4) is 0 Å². The molecule has 0 fully saturated rings. The van der Waals surface area contributed by atoms with E-state index in [0.717, 1.165) is 0 Å². The van der Waals surface area contributed by atoms with Crippen LogP contribution in [-0.2, 0) is 16.0 Å². The van der Waals surface area contributed by atoms with E-state index in [-0.39, 0.29) is 12.2 Å². The van der Waals surface area contributed by atoms with Gasteiger partial charge in [-0.25, -0.2) is 0 Å². The van der Waals surface area contributed by atoms with E-state index in [1.165, 1.54) is 19.2 Å². The molecule has 0 bridgehead atoms. The molecule has 4 nitrogen and oxygen atoms in total. The fourth-order valence-electron chi connectivity index (χ4n) is 1.38. The molecule has 0 saturated carbocycles. The summed E-state index contributed by atoms with van der Waals surface area (Å²) in [5, 5.41) is 0. The fraction of sp³-hybridized carbons (Fsp3) is 0.417. The van der Waals surface area contributed by atoms with Crippen molar-refractivity contribution in [2.75, 3.05) is 13.7 Å². The van der Waals surface area contributed by atoms with Crippen LogP contribution >= 0.6 is 0 Å². The smallest absolute Gasteiger partial charge is 0.422 e. The quantitative estimate of drug-likeness (QED) is 0.832. The van der Waals surface area contributed by atoms with E-state index in [2.05, 4.69) is 9.47 Å². The van der Waals surface area contributed by atoms with Crippen molar-refractivity contribution in [3.8, 4) is 5.75 Å². The number of esters is 1. The van der Waals surface area contributed by atoms with Gasteiger partial charge in [0, 0.05) is 0 Å². The molecule has 1 aromatic carbocycles. The molecule has 1 atom stereocenters. The lowest BCUT2D eigenvalue weighted by atomic mass is 10.1. The molecule has 0 amide bonds. The molecule has 0 heterocycles. The molecular formula is C12H14F3NO3. The first-order valence-corrected chi connectivity index (χ1v) is 5.43. The van der Waals surface area contributed by atoms with Crippen LogP contribution in [0.2, 0.25) is 0 Å². The van der Waals surface area contributed by atoms with Gasteiger partial charge in [0.2, 0.25) is 0 Å². The number of carbonyl (C=O) groups is 1. The second-order valence-electron chi connectivity index (χ2n) is 3.88. The van der Waals surface area contributed by atoms with E-state index < -0.39 is 24.8 Å². The van der Waals surface area contributed by atoms with Crippen LogP contribution in [0.1, 0.15) is 5.56 Å². The molecule has 0 aliphatic rings. The molecule has 0 aliphatic carbocycles. The highest BCUT2D eigenvalue weighted by Gasteiger charge is 2.28. The van der Waals surface area contributed by atoms with Crippen LogP contribution in [-0.4, -0.2) is 31.9 Å². The number of methoxy groups -OCH3 is 1. The van der Waals surface area contributed by atoms with Crippen LogP contribution in [0.15, 0.2) is 24.3 Å². The van der Waals surface area contributed by atoms with Gasteiger partial charge in [0.25, 0.3) is 0 Å². The third-order valence-electron chi connectivity index (χ3n) is 2.29. The molecule has 1 rings (SSSR count). The Bertz CT molecular complexity index is 417. The highest BCUT2D eigenvalue weighted by Crippen LogP contribution is 2.19. The van der Waals surface area contributed by atoms with Gasteiger partial charge >= 0.3 is 12.1 Å². The number of rotatable bonds is 5. The van der Waals surface area contributed by atoms with Gasteiger partial charge in [0.15, 0.2) is 6.61 Å². The minimum Gasteiger partial charge on any atom is -0.484 e. The highest BCUT2D eigenvalue weighted by molar-refractivity contribution is 5.75. The summed E-state index contributed by atoms with van der Waals surface area (Å²) in [7, 11) is 1.23. The van der Waals surface area contributed by atoms with Gasteiger partial charge < -0.3 is 15.2 Å². The number of hydrogen-bond acceptors (Lipinski definition) is 4. The third-order valence-corrected chi connectivity index (χ3v) is 2.29. The Labute approximate surface area is 108 Å². The topological polar surface area (TPSA) is 61.5 Å². The third kappa shape index (κ3) is 5.60. The zero-order valence-electron chi connectivity index (χ0n) is 10.2. The first-order valence-electron chi connectivity index (χ1n) is 5.43. The zero-order valence-corrected chi connectivity index (χ0v) is 10.2. The Morgan fingerprint density at radius 2 is 1.89 bits per heavy atom. The van der Waals surface area contributed by atoms with Crippen LogP contribution in [0.25, 0.3) is 0 Å². The van der Waals surface area contributed by atoms with E-state index >= 15 is 0 Å². The summed E-state index contributed by atoms with van der Waals surface area (Å²) in [6, 6.07) is 5.09. The summed E-state index contributed by atoms with van der Waals surface area (Å²) in [4.78, 5) is 11.1. The second kappa shape index (κ2) is 6.42. The Kier molecular flexibility index (Phi) is 5.17. The molecule has 0 saturated heterocycles. The molecular weight excluding hydrogens is 263 g/mol. The van der Waals surface area contributed by atoms with Crippen molar-refractivity contribution in [3.63, 3.8) is 0 Å². The monoisotopic (exact) mass is 277 g/mol. The van der Waals surface area contributed by atoms with Crippen molar-refractivity contribution in [1.82, 2.24) is 0 Å². The number of halogens is 3. The predicted octanol–water partition coefficient (Wildman–Crippen LogP) is 1.67. The van der Waals surface area contributed by atoms with Gasteiger partial charge in [-0.15, -0.1) is 0 Å². The summed E-state index contributed by atoms with van der Waals surface area (Å²) in [5.41, 5.74) is 6.26. The molecule has 0 aromatic heterocycles. The average Bonchev–Trinajstić information content (AvgIpc) is 2.36. The van der Waals surface area contributed by atoms with E-state index in [1.54, 1.807) is 12.1 Å². The van der Waals surface area contributed by atoms with Crippen LogP contribution in [0.4, 0.5) is 13.2 Å². The van der Waals surface area contributed by atoms with Crippen molar-refractivity contribution in [1.29, 1.82) is 0 Å². The maximum Gasteiger partial charge on any atom is 0.422 e. The lowest BCUT2D eigenvalue weighted by Crippen LogP contribution is -2.33. The highest BCUT2D eigenvalue weighted by atomic mass is 19.4. The molecule has 19 heavy (non-hydrogen) atoms. The van der Waals surface area contributed by atoms with Crippen LogP contribution < -0.4 is 10.5 Å². The molecule has 1 unspecified atom stereocenters. The van der Waals surface area contributed by atoms with Gasteiger partial charge in [-0.1, -0.05) is 12.1 Å². The molecule has 2 N–H and O–H groups in total. The van der Waals surface area contributed by atoms with Crippen molar-refractivity contribution >= 4 is 5.97 Å². The van der Waals surface area contributed by atoms with Crippen molar-refractivity contribution in [2.45, 2.75) is 18.6 Å². The molecule has 7 heteroatoms. The predicted molar refractivity (Wildman–Crippen MR) is 61.7 cm³/mol. The van der Waals surface area contributed by atoms with E-state index in [9.17, 15) is 18.0 Å². The van der Waals surface area contributed by atoms with Gasteiger partial charge in [0.05, 0.1) is 7.11 Å². The Morgan fingerprint density at radius 3 is 2.37 bits per heavy atom. The molecule has 0 aliphatic heterocycles. The van der Waals surface area contributed by atoms with E-state index in [0.29, 0.717) is 5.56 Å². The maximum atomic E-state index is 11.9. The zero-order chi connectivity index (χ0) is 14.5. The summed E-state index contributed by atoms with van der Waals surface area (Å²) in [5.74, 6) is -0.440. The number of benzene rings is 1. The van der Waals surface area contributed by atoms with E-state index in [4.69, 9.17) is 5.73 Å². The first-order chi connectivity index (χ1) is 8.81. The van der Waals surface area contributed by atoms with Crippen LogP contribution in [0.5, 0.6) is 5.75 Å². The summed E-state index contributed by atoms with van der Waals surface area (Å²) >= 11 is 0. The lowest BCUT2D eigenvalue weighted by molar-refractivity contribution is -0.153. The standard InChI is InChI=1S/C12H14F3NO3/c1-18-11(17)10(16)6-8-2-4-9(5-3-8)19-7-12(13,14)15/h2-5,10H,6-7,16H2,1H3. The Hall–Kier alpha value is -1.76. The average molecular weight is 277 g/mol. The number of nitrogens with two attached hydrogens (primary N) is 1. The van der Waals surface area contributed by atoms with Gasteiger partial charge in [-0.3, -0.25) is 4.79 Å². The number of ether oxygens (including phenoxy) is 2. The minimum absolute atomic E-state index is 0.104. The van der Waals surface area contributed by atoms with Gasteiger partial charge in [0.1, 0.15) is 11.8 Å². The minimum atomic E-state index is -4.37. The summed E-state index contributed by atoms with van der Waals surface area (Å²) in [6.45, 7) is -1.34. The molecule has 106 valence electrons. The first kappa shape index (κ1) is 15.3.